The molecule has 0 spiro atoms. The van der Waals surface area contributed by atoms with Crippen LogP contribution >= 0.6 is 11.6 Å². The minimum absolute atomic E-state index is 0.453. The fourth-order valence-corrected chi connectivity index (χ4v) is 2.34. The molecule has 0 aliphatic heterocycles. The first kappa shape index (κ1) is 15.4. The molecule has 0 fully saturated rings. The maximum Gasteiger partial charge on any atom is 0.247 e. The van der Waals surface area contributed by atoms with Gasteiger partial charge in [0.25, 0.3) is 0 Å². The number of rotatable bonds is 4. The molecule has 4 heteroatoms. The smallest absolute Gasteiger partial charge is 0.247 e. The van der Waals surface area contributed by atoms with Gasteiger partial charge in [-0.1, -0.05) is 41.9 Å². The van der Waals surface area contributed by atoms with Gasteiger partial charge in [-0.15, -0.1) is 0 Å². The van der Waals surface area contributed by atoms with Crippen molar-refractivity contribution in [1.29, 1.82) is 0 Å². The fourth-order valence-electron chi connectivity index (χ4n) is 2.16. The van der Waals surface area contributed by atoms with Crippen LogP contribution in [0.3, 0.4) is 0 Å². The second-order valence-electron chi connectivity index (χ2n) is 5.39. The highest BCUT2D eigenvalue weighted by atomic mass is 35.5. The average molecular weight is 303 g/mol. The van der Waals surface area contributed by atoms with E-state index in [1.165, 1.54) is 5.56 Å². The van der Waals surface area contributed by atoms with E-state index in [4.69, 9.17) is 17.3 Å². The van der Waals surface area contributed by atoms with Gasteiger partial charge in [0.1, 0.15) is 5.54 Å². The van der Waals surface area contributed by atoms with Gasteiger partial charge in [0, 0.05) is 0 Å². The minimum atomic E-state index is -1.02. The summed E-state index contributed by atoms with van der Waals surface area (Å²) >= 11 is 6.16. The molecule has 21 heavy (non-hydrogen) atoms. The number of aryl methyl sites for hydroxylation is 2. The molecule has 1 unspecified atom stereocenters. The van der Waals surface area contributed by atoms with E-state index in [0.29, 0.717) is 10.7 Å². The molecule has 1 amide bonds. The molecule has 2 aromatic carbocycles. The number of anilines is 1. The lowest BCUT2D eigenvalue weighted by Crippen LogP contribution is -2.45. The number of benzene rings is 2. The standard InChI is InChI=1S/C17H19ClN2O/c1-11-8-9-13(10-12(11)2)17(3,16(19)21)20-15-7-5-4-6-14(15)18/h4-10,20H,1-3H3,(H2,19,21). The Labute approximate surface area is 130 Å². The molecule has 3 nitrogen and oxygen atoms in total. The lowest BCUT2D eigenvalue weighted by molar-refractivity contribution is -0.122. The Morgan fingerprint density at radius 1 is 1.14 bits per heavy atom. The number of hydrogen-bond acceptors (Lipinski definition) is 2. The number of carbonyl (C=O) groups excluding carboxylic acids is 1. The molecule has 1 atom stereocenters. The Hall–Kier alpha value is -2.00. The highest BCUT2D eigenvalue weighted by molar-refractivity contribution is 6.33. The first-order chi connectivity index (χ1) is 9.84. The summed E-state index contributed by atoms with van der Waals surface area (Å²) in [6.45, 7) is 5.81. The van der Waals surface area contributed by atoms with Crippen molar-refractivity contribution in [1.82, 2.24) is 0 Å². The van der Waals surface area contributed by atoms with E-state index in [-0.39, 0.29) is 0 Å². The number of primary amides is 1. The summed E-state index contributed by atoms with van der Waals surface area (Å²) in [6.07, 6.45) is 0. The van der Waals surface area contributed by atoms with E-state index >= 15 is 0 Å². The maximum absolute atomic E-state index is 12.1. The van der Waals surface area contributed by atoms with Crippen molar-refractivity contribution in [2.45, 2.75) is 26.3 Å². The fraction of sp³-hybridized carbons (Fsp3) is 0.235. The maximum atomic E-state index is 12.1. The van der Waals surface area contributed by atoms with Crippen LogP contribution in [0.25, 0.3) is 0 Å². The van der Waals surface area contributed by atoms with E-state index in [2.05, 4.69) is 5.32 Å². The largest absolute Gasteiger partial charge is 0.367 e. The van der Waals surface area contributed by atoms with Gasteiger partial charge < -0.3 is 11.1 Å². The molecule has 0 aliphatic carbocycles. The zero-order valence-corrected chi connectivity index (χ0v) is 13.2. The van der Waals surface area contributed by atoms with Gasteiger partial charge in [0.2, 0.25) is 5.91 Å². The third kappa shape index (κ3) is 3.03. The van der Waals surface area contributed by atoms with Crippen molar-refractivity contribution in [3.8, 4) is 0 Å². The highest BCUT2D eigenvalue weighted by Gasteiger charge is 2.33. The van der Waals surface area contributed by atoms with Crippen LogP contribution in [-0.2, 0) is 10.3 Å². The average Bonchev–Trinajstić information content (AvgIpc) is 2.44. The first-order valence-corrected chi connectivity index (χ1v) is 7.13. The van der Waals surface area contributed by atoms with E-state index in [1.807, 2.05) is 50.2 Å². The summed E-state index contributed by atoms with van der Waals surface area (Å²) in [5.74, 6) is -0.453. The van der Waals surface area contributed by atoms with Crippen molar-refractivity contribution in [2.24, 2.45) is 5.73 Å². The molecule has 0 heterocycles. The molecular formula is C17H19ClN2O. The van der Waals surface area contributed by atoms with Crippen molar-refractivity contribution in [3.63, 3.8) is 0 Å². The number of para-hydroxylation sites is 1. The lowest BCUT2D eigenvalue weighted by atomic mass is 9.88. The summed E-state index contributed by atoms with van der Waals surface area (Å²) in [5, 5.41) is 3.73. The van der Waals surface area contributed by atoms with Crippen molar-refractivity contribution in [3.05, 3.63) is 64.2 Å². The summed E-state index contributed by atoms with van der Waals surface area (Å²) in [7, 11) is 0. The summed E-state index contributed by atoms with van der Waals surface area (Å²) < 4.78 is 0. The van der Waals surface area contributed by atoms with E-state index in [9.17, 15) is 4.79 Å². The van der Waals surface area contributed by atoms with Crippen LogP contribution in [0.5, 0.6) is 0 Å². The predicted molar refractivity (Wildman–Crippen MR) is 87.5 cm³/mol. The molecule has 0 bridgehead atoms. The van der Waals surface area contributed by atoms with Gasteiger partial charge in [0.15, 0.2) is 0 Å². The monoisotopic (exact) mass is 302 g/mol. The van der Waals surface area contributed by atoms with E-state index < -0.39 is 11.4 Å². The molecular weight excluding hydrogens is 284 g/mol. The third-order valence-electron chi connectivity index (χ3n) is 3.84. The number of halogens is 1. The van der Waals surface area contributed by atoms with Gasteiger partial charge in [-0.2, -0.15) is 0 Å². The highest BCUT2D eigenvalue weighted by Crippen LogP contribution is 2.31. The summed E-state index contributed by atoms with van der Waals surface area (Å²) in [4.78, 5) is 12.1. The summed E-state index contributed by atoms with van der Waals surface area (Å²) in [5.41, 5.74) is 8.40. The van der Waals surface area contributed by atoms with Crippen LogP contribution in [0.15, 0.2) is 42.5 Å². The van der Waals surface area contributed by atoms with Crippen LogP contribution < -0.4 is 11.1 Å². The lowest BCUT2D eigenvalue weighted by Gasteiger charge is -2.30. The summed E-state index contributed by atoms with van der Waals surface area (Å²) in [6, 6.07) is 13.2. The first-order valence-electron chi connectivity index (χ1n) is 6.75. The van der Waals surface area contributed by atoms with Crippen LogP contribution in [0.2, 0.25) is 5.02 Å². The molecule has 0 radical (unpaired) electrons. The van der Waals surface area contributed by atoms with Crippen LogP contribution in [0, 0.1) is 13.8 Å². The van der Waals surface area contributed by atoms with Gasteiger partial charge >= 0.3 is 0 Å². The van der Waals surface area contributed by atoms with Gasteiger partial charge in [-0.25, -0.2) is 0 Å². The van der Waals surface area contributed by atoms with Crippen LogP contribution in [0.1, 0.15) is 23.6 Å². The Bertz CT molecular complexity index is 684. The molecule has 3 N–H and O–H groups in total. The molecule has 2 aromatic rings. The molecule has 2 rings (SSSR count). The number of amides is 1. The number of nitrogens with one attached hydrogen (secondary N) is 1. The quantitative estimate of drug-likeness (QED) is 0.903. The minimum Gasteiger partial charge on any atom is -0.367 e. The van der Waals surface area contributed by atoms with Crippen LogP contribution in [0.4, 0.5) is 5.69 Å². The van der Waals surface area contributed by atoms with Gasteiger partial charge in [-0.05, 0) is 49.6 Å². The Morgan fingerprint density at radius 2 is 1.81 bits per heavy atom. The van der Waals surface area contributed by atoms with E-state index in [0.717, 1.165) is 11.1 Å². The van der Waals surface area contributed by atoms with Crippen molar-refractivity contribution >= 4 is 23.2 Å². The number of hydrogen-bond donors (Lipinski definition) is 2. The Kier molecular flexibility index (Phi) is 4.24. The van der Waals surface area contributed by atoms with Gasteiger partial charge in [0.05, 0.1) is 10.7 Å². The third-order valence-corrected chi connectivity index (χ3v) is 4.17. The zero-order chi connectivity index (χ0) is 15.6. The topological polar surface area (TPSA) is 55.1 Å². The Balaban J connectivity index is 2.48. The molecule has 0 aromatic heterocycles. The molecule has 110 valence electrons. The SMILES string of the molecule is Cc1ccc(C(C)(Nc2ccccc2Cl)C(N)=O)cc1C. The van der Waals surface area contributed by atoms with Crippen molar-refractivity contribution < 1.29 is 4.79 Å². The predicted octanol–water partition coefficient (Wildman–Crippen LogP) is 3.77. The molecule has 0 aliphatic rings. The van der Waals surface area contributed by atoms with Crippen LogP contribution in [-0.4, -0.2) is 5.91 Å². The molecule has 0 saturated carbocycles. The zero-order valence-electron chi connectivity index (χ0n) is 12.4. The second-order valence-corrected chi connectivity index (χ2v) is 5.80. The normalized spacial score (nSPS) is 13.5. The number of carbonyl (C=O) groups is 1. The second kappa shape index (κ2) is 5.78. The van der Waals surface area contributed by atoms with E-state index in [1.54, 1.807) is 13.0 Å². The van der Waals surface area contributed by atoms with Gasteiger partial charge in [-0.3, -0.25) is 4.79 Å². The molecule has 0 saturated heterocycles. The van der Waals surface area contributed by atoms with Crippen molar-refractivity contribution in [2.75, 3.05) is 5.32 Å². The Morgan fingerprint density at radius 3 is 2.38 bits per heavy atom. The number of nitrogens with two attached hydrogens (primary N) is 1.